The van der Waals surface area contributed by atoms with Gasteiger partial charge in [0.2, 0.25) is 0 Å². The Kier molecular flexibility index (Phi) is 9.62. The van der Waals surface area contributed by atoms with Crippen molar-refractivity contribution in [1.29, 1.82) is 0 Å². The average molecular weight is 579 g/mol. The Bertz CT molecular complexity index is 1530. The van der Waals surface area contributed by atoms with Crippen molar-refractivity contribution < 1.29 is 22.7 Å². The number of nitrogens with one attached hydrogen (secondary N) is 2. The summed E-state index contributed by atoms with van der Waals surface area (Å²) in [6.45, 7) is -0.00387. The van der Waals surface area contributed by atoms with Crippen LogP contribution in [-0.2, 0) is 26.1 Å². The first-order chi connectivity index (χ1) is 19.3. The van der Waals surface area contributed by atoms with E-state index in [1.807, 2.05) is 36.6 Å². The number of ether oxygens (including phenoxy) is 1. The summed E-state index contributed by atoms with van der Waals surface area (Å²) in [7, 11) is -2.70. The highest BCUT2D eigenvalue weighted by molar-refractivity contribution is 7.98. The highest BCUT2D eigenvalue weighted by atomic mass is 32.2. The van der Waals surface area contributed by atoms with Gasteiger partial charge in [-0.3, -0.25) is 9.10 Å². The maximum atomic E-state index is 13.8. The molecule has 11 heteroatoms. The summed E-state index contributed by atoms with van der Waals surface area (Å²) in [5, 5.41) is 2.80. The molecule has 1 atom stereocenters. The zero-order valence-electron chi connectivity index (χ0n) is 22.1. The first-order valence-corrected chi connectivity index (χ1v) is 15.3. The number of thioether (sulfide) groups is 1. The number of rotatable bonds is 12. The van der Waals surface area contributed by atoms with Gasteiger partial charge < -0.3 is 15.0 Å². The Morgan fingerprint density at radius 3 is 2.38 bits per heavy atom. The largest absolute Gasteiger partial charge is 0.467 e. The number of benzene rings is 3. The smallest absolute Gasteiger partial charge is 0.328 e. The minimum atomic E-state index is -3.98. The standard InChI is InChI=1S/C29H30N4O5S2/c1-38-29(35)27(15-16-39-2)32-28(34)25-14-13-23(17-26(25)21-9-5-3-6-10-21)33(19-22-18-30-20-31-22)40(36,37)24-11-7-4-8-12-24/h3-14,17-18,20,27H,15-16,19H2,1-2H3,(H,30,31)(H,32,34)/t27-/m0/s1. The molecule has 0 aliphatic heterocycles. The fourth-order valence-corrected chi connectivity index (χ4v) is 6.09. The molecule has 208 valence electrons. The molecular weight excluding hydrogens is 548 g/mol. The van der Waals surface area contributed by atoms with Crippen LogP contribution in [0.25, 0.3) is 11.1 Å². The number of aromatic amines is 1. The van der Waals surface area contributed by atoms with Crippen LogP contribution in [0.1, 0.15) is 22.5 Å². The third-order valence-corrected chi connectivity index (χ3v) is 8.65. The molecule has 2 N–H and O–H groups in total. The number of anilines is 1. The molecule has 3 aromatic carbocycles. The van der Waals surface area contributed by atoms with Crippen LogP contribution in [0.5, 0.6) is 0 Å². The predicted octanol–water partition coefficient (Wildman–Crippen LogP) is 4.50. The van der Waals surface area contributed by atoms with Crippen molar-refractivity contribution in [3.05, 3.63) is 103 Å². The lowest BCUT2D eigenvalue weighted by molar-refractivity contribution is -0.142. The lowest BCUT2D eigenvalue weighted by Crippen LogP contribution is -2.42. The molecule has 0 spiro atoms. The molecule has 0 aliphatic carbocycles. The molecule has 0 bridgehead atoms. The van der Waals surface area contributed by atoms with Crippen LogP contribution < -0.4 is 9.62 Å². The number of esters is 1. The minimum Gasteiger partial charge on any atom is -0.467 e. The molecule has 0 fully saturated rings. The van der Waals surface area contributed by atoms with Crippen molar-refractivity contribution >= 4 is 39.3 Å². The van der Waals surface area contributed by atoms with Crippen molar-refractivity contribution in [1.82, 2.24) is 15.3 Å². The van der Waals surface area contributed by atoms with E-state index in [-0.39, 0.29) is 11.4 Å². The fourth-order valence-electron chi connectivity index (χ4n) is 4.17. The first kappa shape index (κ1) is 28.9. The van der Waals surface area contributed by atoms with E-state index in [0.717, 1.165) is 0 Å². The van der Waals surface area contributed by atoms with Crippen molar-refractivity contribution in [2.24, 2.45) is 0 Å². The summed E-state index contributed by atoms with van der Waals surface area (Å²) in [4.78, 5) is 33.0. The van der Waals surface area contributed by atoms with Gasteiger partial charge in [0.05, 0.1) is 36.3 Å². The second kappa shape index (κ2) is 13.3. The molecule has 4 aromatic rings. The topological polar surface area (TPSA) is 121 Å². The summed E-state index contributed by atoms with van der Waals surface area (Å²) < 4.78 is 33.9. The second-order valence-corrected chi connectivity index (χ2v) is 11.7. The van der Waals surface area contributed by atoms with E-state index >= 15 is 0 Å². The van der Waals surface area contributed by atoms with Gasteiger partial charge in [-0.05, 0) is 59.9 Å². The molecule has 0 unspecified atom stereocenters. The van der Waals surface area contributed by atoms with E-state index in [2.05, 4.69) is 15.3 Å². The van der Waals surface area contributed by atoms with Gasteiger partial charge in [-0.2, -0.15) is 11.8 Å². The summed E-state index contributed by atoms with van der Waals surface area (Å²) >= 11 is 1.56. The number of hydrogen-bond donors (Lipinski definition) is 2. The average Bonchev–Trinajstić information content (AvgIpc) is 3.51. The number of hydrogen-bond acceptors (Lipinski definition) is 7. The monoisotopic (exact) mass is 578 g/mol. The first-order valence-electron chi connectivity index (χ1n) is 12.5. The quantitative estimate of drug-likeness (QED) is 0.238. The Hall–Kier alpha value is -4.09. The van der Waals surface area contributed by atoms with Gasteiger partial charge in [-0.1, -0.05) is 48.5 Å². The van der Waals surface area contributed by atoms with Crippen molar-refractivity contribution in [2.45, 2.75) is 23.9 Å². The number of methoxy groups -OCH3 is 1. The number of amides is 1. The van der Waals surface area contributed by atoms with Crippen LogP contribution in [0.2, 0.25) is 0 Å². The van der Waals surface area contributed by atoms with Gasteiger partial charge in [-0.15, -0.1) is 0 Å². The Morgan fingerprint density at radius 1 is 1.05 bits per heavy atom. The highest BCUT2D eigenvalue weighted by Gasteiger charge is 2.28. The van der Waals surface area contributed by atoms with Gasteiger partial charge in [0.25, 0.3) is 15.9 Å². The Morgan fingerprint density at radius 2 is 1.75 bits per heavy atom. The fraction of sp³-hybridized carbons (Fsp3) is 0.207. The molecule has 0 saturated heterocycles. The SMILES string of the molecule is COC(=O)[C@H](CCSC)NC(=O)c1ccc(N(Cc2cnc[nH]2)S(=O)(=O)c2ccccc2)cc1-c1ccccc1. The lowest BCUT2D eigenvalue weighted by atomic mass is 9.98. The molecule has 1 aromatic heterocycles. The number of aromatic nitrogens is 2. The number of H-pyrrole nitrogens is 1. The lowest BCUT2D eigenvalue weighted by Gasteiger charge is -2.25. The van der Waals surface area contributed by atoms with Crippen LogP contribution in [0.3, 0.4) is 0 Å². The summed E-state index contributed by atoms with van der Waals surface area (Å²) in [6.07, 6.45) is 5.38. The molecule has 1 amide bonds. The van der Waals surface area contributed by atoms with E-state index in [1.54, 1.807) is 54.4 Å². The van der Waals surface area contributed by atoms with Gasteiger partial charge >= 0.3 is 5.97 Å². The van der Waals surface area contributed by atoms with Crippen LogP contribution >= 0.6 is 11.8 Å². The molecule has 9 nitrogen and oxygen atoms in total. The Balaban J connectivity index is 1.80. The van der Waals surface area contributed by atoms with E-state index in [1.165, 1.54) is 29.9 Å². The number of carbonyl (C=O) groups excluding carboxylic acids is 2. The molecule has 40 heavy (non-hydrogen) atoms. The van der Waals surface area contributed by atoms with Crippen LogP contribution in [0.15, 0.2) is 96.3 Å². The van der Waals surface area contributed by atoms with Gasteiger partial charge in [0.1, 0.15) is 6.04 Å². The maximum absolute atomic E-state index is 13.8. The number of carbonyl (C=O) groups is 2. The highest BCUT2D eigenvalue weighted by Crippen LogP contribution is 2.32. The third kappa shape index (κ3) is 6.72. The molecular formula is C29H30N4O5S2. The van der Waals surface area contributed by atoms with E-state index < -0.39 is 27.9 Å². The molecule has 1 heterocycles. The number of nitrogens with zero attached hydrogens (tertiary/aromatic N) is 2. The zero-order valence-corrected chi connectivity index (χ0v) is 23.7. The van der Waals surface area contributed by atoms with Crippen molar-refractivity contribution in [3.63, 3.8) is 0 Å². The molecule has 4 rings (SSSR count). The Labute approximate surface area is 238 Å². The maximum Gasteiger partial charge on any atom is 0.328 e. The van der Waals surface area contributed by atoms with Crippen LogP contribution in [0, 0.1) is 0 Å². The van der Waals surface area contributed by atoms with Gasteiger partial charge in [-0.25, -0.2) is 18.2 Å². The third-order valence-electron chi connectivity index (χ3n) is 6.22. The van der Waals surface area contributed by atoms with Crippen molar-refractivity contribution in [3.8, 4) is 11.1 Å². The normalized spacial score (nSPS) is 11.9. The predicted molar refractivity (Wildman–Crippen MR) is 157 cm³/mol. The van der Waals surface area contributed by atoms with Crippen LogP contribution in [-0.4, -0.2) is 55.4 Å². The molecule has 0 radical (unpaired) electrons. The molecule has 0 aliphatic rings. The van der Waals surface area contributed by atoms with E-state index in [4.69, 9.17) is 4.74 Å². The number of sulfonamides is 1. The van der Waals surface area contributed by atoms with Crippen LogP contribution in [0.4, 0.5) is 5.69 Å². The number of imidazole rings is 1. The van der Waals surface area contributed by atoms with E-state index in [0.29, 0.717) is 40.2 Å². The van der Waals surface area contributed by atoms with Crippen molar-refractivity contribution in [2.75, 3.05) is 23.4 Å². The molecule has 0 saturated carbocycles. The zero-order chi connectivity index (χ0) is 28.5. The van der Waals surface area contributed by atoms with E-state index in [9.17, 15) is 18.0 Å². The summed E-state index contributed by atoms with van der Waals surface area (Å²) in [5.74, 6) is -0.336. The second-order valence-electron chi connectivity index (χ2n) is 8.83. The summed E-state index contributed by atoms with van der Waals surface area (Å²) in [5.41, 5.74) is 2.48. The van der Waals surface area contributed by atoms with Gasteiger partial charge in [0, 0.05) is 11.8 Å². The van der Waals surface area contributed by atoms with Gasteiger partial charge in [0.15, 0.2) is 0 Å². The minimum absolute atomic E-state index is 0.00387. The summed E-state index contributed by atoms with van der Waals surface area (Å²) in [6, 6.07) is 21.4.